The molecular weight excluding hydrogens is 390 g/mol. The molecule has 2 N–H and O–H groups in total. The van der Waals surface area contributed by atoms with Crippen molar-refractivity contribution in [1.82, 2.24) is 10.3 Å². The first-order valence-electron chi connectivity index (χ1n) is 7.84. The Kier molecular flexibility index (Phi) is 6.03. The van der Waals surface area contributed by atoms with Crippen LogP contribution in [-0.4, -0.2) is 16.8 Å². The van der Waals surface area contributed by atoms with Gasteiger partial charge in [0.2, 0.25) is 11.8 Å². The maximum Gasteiger partial charge on any atom is 0.228 e. The van der Waals surface area contributed by atoms with Crippen molar-refractivity contribution in [3.8, 4) is 10.6 Å². The number of benzene rings is 1. The van der Waals surface area contributed by atoms with Crippen molar-refractivity contribution in [1.29, 1.82) is 0 Å². The summed E-state index contributed by atoms with van der Waals surface area (Å²) < 4.78 is 0.694. The number of nitrogens with one attached hydrogen (secondary N) is 2. The van der Waals surface area contributed by atoms with Crippen LogP contribution in [0.25, 0.3) is 10.6 Å². The number of aromatic nitrogens is 1. The molecular formula is C18H16ClN3O2S2. The minimum Gasteiger partial charge on any atom is -0.349 e. The van der Waals surface area contributed by atoms with Crippen LogP contribution in [0.3, 0.4) is 0 Å². The fraction of sp³-hybridized carbons (Fsp3) is 0.167. The van der Waals surface area contributed by atoms with Gasteiger partial charge >= 0.3 is 0 Å². The Balaban J connectivity index is 1.67. The number of hydrogen-bond donors (Lipinski definition) is 2. The minimum atomic E-state index is -0.385. The van der Waals surface area contributed by atoms with E-state index in [1.165, 1.54) is 29.6 Å². The van der Waals surface area contributed by atoms with E-state index in [0.29, 0.717) is 9.47 Å². The number of anilines is 1. The molecule has 2 aromatic heterocycles. The van der Waals surface area contributed by atoms with Crippen LogP contribution in [0.2, 0.25) is 4.34 Å². The predicted molar refractivity (Wildman–Crippen MR) is 107 cm³/mol. The SMILES string of the molecule is CC(=O)NC(CC(=O)Nc1nc(-c2ccc(Cl)s2)cs1)c1ccccc1. The van der Waals surface area contributed by atoms with E-state index in [-0.39, 0.29) is 24.3 Å². The van der Waals surface area contributed by atoms with Gasteiger partial charge < -0.3 is 10.6 Å². The molecule has 0 aliphatic heterocycles. The number of rotatable bonds is 6. The molecule has 134 valence electrons. The van der Waals surface area contributed by atoms with Crippen LogP contribution < -0.4 is 10.6 Å². The van der Waals surface area contributed by atoms with Crippen molar-refractivity contribution in [2.75, 3.05) is 5.32 Å². The van der Waals surface area contributed by atoms with E-state index >= 15 is 0 Å². The molecule has 5 nitrogen and oxygen atoms in total. The number of carbonyl (C=O) groups excluding carboxylic acids is 2. The van der Waals surface area contributed by atoms with Gasteiger partial charge in [0.1, 0.15) is 0 Å². The number of nitrogens with zero attached hydrogens (tertiary/aromatic N) is 1. The van der Waals surface area contributed by atoms with Gasteiger partial charge in [-0.3, -0.25) is 9.59 Å². The van der Waals surface area contributed by atoms with Crippen molar-refractivity contribution < 1.29 is 9.59 Å². The van der Waals surface area contributed by atoms with Gasteiger partial charge in [-0.1, -0.05) is 41.9 Å². The Morgan fingerprint density at radius 1 is 1.19 bits per heavy atom. The maximum absolute atomic E-state index is 12.4. The van der Waals surface area contributed by atoms with Gasteiger partial charge in [0.05, 0.1) is 27.4 Å². The second-order valence-corrected chi connectivity index (χ2v) is 8.13. The highest BCUT2D eigenvalue weighted by Crippen LogP contribution is 2.33. The summed E-state index contributed by atoms with van der Waals surface area (Å²) in [6, 6.07) is 12.7. The predicted octanol–water partition coefficient (Wildman–Crippen LogP) is 4.73. The van der Waals surface area contributed by atoms with Gasteiger partial charge in [0, 0.05) is 12.3 Å². The van der Waals surface area contributed by atoms with Gasteiger partial charge in [-0.05, 0) is 17.7 Å². The third-order valence-electron chi connectivity index (χ3n) is 3.55. The van der Waals surface area contributed by atoms with Crippen LogP contribution in [0, 0.1) is 0 Å². The van der Waals surface area contributed by atoms with E-state index in [9.17, 15) is 9.59 Å². The van der Waals surface area contributed by atoms with E-state index < -0.39 is 0 Å². The van der Waals surface area contributed by atoms with Crippen LogP contribution in [0.5, 0.6) is 0 Å². The highest BCUT2D eigenvalue weighted by molar-refractivity contribution is 7.20. The van der Waals surface area contributed by atoms with Crippen molar-refractivity contribution in [3.63, 3.8) is 0 Å². The zero-order valence-electron chi connectivity index (χ0n) is 13.9. The molecule has 1 unspecified atom stereocenters. The van der Waals surface area contributed by atoms with Gasteiger partial charge in [-0.2, -0.15) is 0 Å². The summed E-state index contributed by atoms with van der Waals surface area (Å²) in [6.45, 7) is 1.44. The second-order valence-electron chi connectivity index (χ2n) is 5.56. The number of thiazole rings is 1. The van der Waals surface area contributed by atoms with E-state index in [4.69, 9.17) is 11.6 Å². The maximum atomic E-state index is 12.4. The Labute approximate surface area is 164 Å². The molecule has 3 aromatic rings. The summed E-state index contributed by atoms with van der Waals surface area (Å²) in [5.74, 6) is -0.393. The Morgan fingerprint density at radius 2 is 1.96 bits per heavy atom. The lowest BCUT2D eigenvalue weighted by Gasteiger charge is -2.17. The van der Waals surface area contributed by atoms with E-state index in [1.54, 1.807) is 0 Å². The Bertz CT molecular complexity index is 908. The molecule has 0 radical (unpaired) electrons. The highest BCUT2D eigenvalue weighted by atomic mass is 35.5. The standard InChI is InChI=1S/C18H16ClN3O2S2/c1-11(23)20-13(12-5-3-2-4-6-12)9-17(24)22-18-21-14(10-25-18)15-7-8-16(19)26-15/h2-8,10,13H,9H2,1H3,(H,20,23)(H,21,22,24). The zero-order valence-corrected chi connectivity index (χ0v) is 16.3. The fourth-order valence-electron chi connectivity index (χ4n) is 2.43. The number of halogens is 1. The molecule has 2 amide bonds. The molecule has 0 aliphatic rings. The summed E-state index contributed by atoms with van der Waals surface area (Å²) >= 11 is 8.74. The molecule has 1 atom stereocenters. The first-order chi connectivity index (χ1) is 12.5. The van der Waals surface area contributed by atoms with Crippen molar-refractivity contribution in [3.05, 3.63) is 57.7 Å². The number of amides is 2. The quantitative estimate of drug-likeness (QED) is 0.622. The average Bonchev–Trinajstić information content (AvgIpc) is 3.23. The highest BCUT2D eigenvalue weighted by Gasteiger charge is 2.18. The molecule has 26 heavy (non-hydrogen) atoms. The number of carbonyl (C=O) groups is 2. The summed E-state index contributed by atoms with van der Waals surface area (Å²) in [5.41, 5.74) is 1.66. The third kappa shape index (κ3) is 4.91. The average molecular weight is 406 g/mol. The molecule has 0 aliphatic carbocycles. The molecule has 0 saturated heterocycles. The van der Waals surface area contributed by atoms with Gasteiger partial charge in [0.25, 0.3) is 0 Å². The summed E-state index contributed by atoms with van der Waals surface area (Å²) in [7, 11) is 0. The normalized spacial score (nSPS) is 11.8. The number of thiophene rings is 1. The first-order valence-corrected chi connectivity index (χ1v) is 9.92. The molecule has 8 heteroatoms. The lowest BCUT2D eigenvalue weighted by Crippen LogP contribution is -2.29. The largest absolute Gasteiger partial charge is 0.349 e. The molecule has 3 rings (SSSR count). The Morgan fingerprint density at radius 3 is 2.62 bits per heavy atom. The van der Waals surface area contributed by atoms with Crippen LogP contribution in [0.4, 0.5) is 5.13 Å². The first kappa shape index (κ1) is 18.6. The topological polar surface area (TPSA) is 71.1 Å². The third-order valence-corrected chi connectivity index (χ3v) is 5.56. The van der Waals surface area contributed by atoms with E-state index in [0.717, 1.165) is 16.1 Å². The fourth-order valence-corrected chi connectivity index (χ4v) is 4.24. The van der Waals surface area contributed by atoms with E-state index in [1.807, 2.05) is 47.8 Å². The molecule has 2 heterocycles. The van der Waals surface area contributed by atoms with Gasteiger partial charge in [-0.15, -0.1) is 22.7 Å². The summed E-state index contributed by atoms with van der Waals surface area (Å²) in [6.07, 6.45) is 0.128. The van der Waals surface area contributed by atoms with Crippen molar-refractivity contribution in [2.45, 2.75) is 19.4 Å². The molecule has 0 saturated carbocycles. The second kappa shape index (κ2) is 8.44. The molecule has 0 fully saturated rings. The monoisotopic (exact) mass is 405 g/mol. The van der Waals surface area contributed by atoms with Crippen LogP contribution in [0.15, 0.2) is 47.8 Å². The molecule has 1 aromatic carbocycles. The van der Waals surface area contributed by atoms with Crippen molar-refractivity contribution >= 4 is 51.2 Å². The van der Waals surface area contributed by atoms with E-state index in [2.05, 4.69) is 15.6 Å². The minimum absolute atomic E-state index is 0.128. The smallest absolute Gasteiger partial charge is 0.228 e. The summed E-state index contributed by atoms with van der Waals surface area (Å²) in [4.78, 5) is 29.3. The van der Waals surface area contributed by atoms with Gasteiger partial charge in [-0.25, -0.2) is 4.98 Å². The van der Waals surface area contributed by atoms with Gasteiger partial charge in [0.15, 0.2) is 5.13 Å². The summed E-state index contributed by atoms with van der Waals surface area (Å²) in [5, 5.41) is 8.01. The lowest BCUT2D eigenvalue weighted by atomic mass is 10.0. The zero-order chi connectivity index (χ0) is 18.5. The van der Waals surface area contributed by atoms with Crippen LogP contribution in [0.1, 0.15) is 24.9 Å². The molecule has 0 spiro atoms. The number of hydrogen-bond acceptors (Lipinski definition) is 5. The van der Waals surface area contributed by atoms with Crippen LogP contribution >= 0.6 is 34.3 Å². The van der Waals surface area contributed by atoms with Crippen molar-refractivity contribution in [2.24, 2.45) is 0 Å². The lowest BCUT2D eigenvalue weighted by molar-refractivity contribution is -0.120. The molecule has 0 bridgehead atoms. The van der Waals surface area contributed by atoms with Crippen LogP contribution in [-0.2, 0) is 9.59 Å². The Hall–Kier alpha value is -2.22.